The second kappa shape index (κ2) is 5.24. The molecule has 1 aromatic carbocycles. The van der Waals surface area contributed by atoms with Crippen LogP contribution in [0.1, 0.15) is 11.1 Å². The number of hydrazine groups is 1. The van der Waals surface area contributed by atoms with Crippen LogP contribution in [0.3, 0.4) is 0 Å². The van der Waals surface area contributed by atoms with Gasteiger partial charge in [0.2, 0.25) is 0 Å². The lowest BCUT2D eigenvalue weighted by Crippen LogP contribution is -2.49. The number of carbonyl (C=O) groups excluding carboxylic acids is 1. The van der Waals surface area contributed by atoms with Crippen molar-refractivity contribution in [2.75, 3.05) is 14.2 Å². The van der Waals surface area contributed by atoms with Crippen molar-refractivity contribution in [3.8, 4) is 11.5 Å². The fourth-order valence-electron chi connectivity index (χ4n) is 2.13. The molecule has 0 aliphatic carbocycles. The summed E-state index contributed by atoms with van der Waals surface area (Å²) in [6, 6.07) is 3.53. The van der Waals surface area contributed by atoms with Crippen LogP contribution in [0.5, 0.6) is 11.5 Å². The van der Waals surface area contributed by atoms with Crippen LogP contribution in [-0.2, 0) is 17.8 Å². The van der Waals surface area contributed by atoms with Gasteiger partial charge in [0.15, 0.2) is 11.5 Å². The van der Waals surface area contributed by atoms with E-state index >= 15 is 0 Å². The molecule has 0 saturated carbocycles. The molecule has 6 nitrogen and oxygen atoms in total. The zero-order chi connectivity index (χ0) is 13.1. The van der Waals surface area contributed by atoms with Gasteiger partial charge >= 0.3 is 0 Å². The Morgan fingerprint density at radius 3 is 2.50 bits per heavy atom. The van der Waals surface area contributed by atoms with Gasteiger partial charge in [-0.05, 0) is 29.7 Å². The van der Waals surface area contributed by atoms with E-state index in [1.807, 2.05) is 12.1 Å². The van der Waals surface area contributed by atoms with E-state index in [1.54, 1.807) is 14.2 Å². The highest BCUT2D eigenvalue weighted by Gasteiger charge is 2.25. The number of hydrogen-bond acceptors (Lipinski definition) is 5. The van der Waals surface area contributed by atoms with Gasteiger partial charge in [0, 0.05) is 6.54 Å². The third-order valence-electron chi connectivity index (χ3n) is 3.13. The molecular weight excluding hydrogens is 234 g/mol. The molecule has 0 radical (unpaired) electrons. The van der Waals surface area contributed by atoms with Crippen LogP contribution >= 0.6 is 0 Å². The Balaban J connectivity index is 2.29. The van der Waals surface area contributed by atoms with E-state index in [0.29, 0.717) is 24.5 Å². The van der Waals surface area contributed by atoms with Crippen molar-refractivity contribution < 1.29 is 14.3 Å². The van der Waals surface area contributed by atoms with E-state index in [1.165, 1.54) is 0 Å². The lowest BCUT2D eigenvalue weighted by atomic mass is 9.95. The van der Waals surface area contributed by atoms with Gasteiger partial charge < -0.3 is 14.8 Å². The number of fused-ring (bicyclic) bond motifs is 1. The SMILES string of the molecule is COc1cc2c(cc1OC)CC(C(=O)NN)NC2. The van der Waals surface area contributed by atoms with Crippen LogP contribution in [0, 0.1) is 0 Å². The quantitative estimate of drug-likeness (QED) is 0.390. The minimum atomic E-state index is -0.305. The zero-order valence-corrected chi connectivity index (χ0v) is 10.4. The lowest BCUT2D eigenvalue weighted by molar-refractivity contribution is -0.123. The molecule has 0 saturated heterocycles. The number of amides is 1. The molecule has 0 bridgehead atoms. The molecular formula is C12H17N3O3. The molecule has 6 heteroatoms. The summed E-state index contributed by atoms with van der Waals surface area (Å²) in [6.45, 7) is 0.605. The van der Waals surface area contributed by atoms with E-state index in [2.05, 4.69) is 10.7 Å². The predicted octanol–water partition coefficient (Wildman–Crippen LogP) is -0.292. The van der Waals surface area contributed by atoms with Gasteiger partial charge in [-0.25, -0.2) is 5.84 Å². The summed E-state index contributed by atoms with van der Waals surface area (Å²) in [6.07, 6.45) is 0.582. The Morgan fingerprint density at radius 2 is 1.94 bits per heavy atom. The van der Waals surface area contributed by atoms with Crippen LogP contribution in [0.15, 0.2) is 12.1 Å². The molecule has 1 aliphatic heterocycles. The average molecular weight is 251 g/mol. The number of nitrogens with one attached hydrogen (secondary N) is 2. The largest absolute Gasteiger partial charge is 0.493 e. The third kappa shape index (κ3) is 2.25. The first-order chi connectivity index (χ1) is 8.69. The molecule has 1 heterocycles. The number of methoxy groups -OCH3 is 2. The second-order valence-electron chi connectivity index (χ2n) is 4.12. The van der Waals surface area contributed by atoms with E-state index in [9.17, 15) is 4.79 Å². The van der Waals surface area contributed by atoms with Gasteiger partial charge in [-0.2, -0.15) is 0 Å². The Morgan fingerprint density at radius 1 is 1.33 bits per heavy atom. The number of carbonyl (C=O) groups is 1. The highest BCUT2D eigenvalue weighted by atomic mass is 16.5. The molecule has 0 fully saturated rings. The van der Waals surface area contributed by atoms with Crippen molar-refractivity contribution in [3.05, 3.63) is 23.3 Å². The molecule has 98 valence electrons. The first-order valence-corrected chi connectivity index (χ1v) is 5.67. The first-order valence-electron chi connectivity index (χ1n) is 5.67. The van der Waals surface area contributed by atoms with Gasteiger partial charge in [0.1, 0.15) is 0 Å². The maximum atomic E-state index is 11.5. The van der Waals surface area contributed by atoms with Crippen LogP contribution in [0.25, 0.3) is 0 Å². The fraction of sp³-hybridized carbons (Fsp3) is 0.417. The fourth-order valence-corrected chi connectivity index (χ4v) is 2.13. The van der Waals surface area contributed by atoms with E-state index in [0.717, 1.165) is 11.1 Å². The van der Waals surface area contributed by atoms with Crippen molar-refractivity contribution in [1.82, 2.24) is 10.7 Å². The van der Waals surface area contributed by atoms with Crippen molar-refractivity contribution in [2.45, 2.75) is 19.0 Å². The maximum Gasteiger partial charge on any atom is 0.251 e. The number of rotatable bonds is 3. The van der Waals surface area contributed by atoms with E-state index in [-0.39, 0.29) is 11.9 Å². The van der Waals surface area contributed by atoms with Gasteiger partial charge in [-0.1, -0.05) is 0 Å². The molecule has 1 aromatic rings. The highest BCUT2D eigenvalue weighted by Crippen LogP contribution is 2.32. The molecule has 4 N–H and O–H groups in total. The summed E-state index contributed by atoms with van der Waals surface area (Å²) >= 11 is 0. The van der Waals surface area contributed by atoms with Crippen LogP contribution in [0.4, 0.5) is 0 Å². The van der Waals surface area contributed by atoms with Crippen LogP contribution < -0.4 is 26.1 Å². The number of nitrogens with two attached hydrogens (primary N) is 1. The van der Waals surface area contributed by atoms with Crippen LogP contribution in [-0.4, -0.2) is 26.2 Å². The van der Waals surface area contributed by atoms with E-state index < -0.39 is 0 Å². The molecule has 0 aromatic heterocycles. The number of hydrogen-bond donors (Lipinski definition) is 3. The van der Waals surface area contributed by atoms with Crippen molar-refractivity contribution in [2.24, 2.45) is 5.84 Å². The zero-order valence-electron chi connectivity index (χ0n) is 10.4. The normalized spacial score (nSPS) is 17.8. The molecule has 18 heavy (non-hydrogen) atoms. The Labute approximate surface area is 105 Å². The second-order valence-corrected chi connectivity index (χ2v) is 4.12. The Hall–Kier alpha value is -1.79. The summed E-state index contributed by atoms with van der Waals surface area (Å²) in [5, 5.41) is 3.13. The van der Waals surface area contributed by atoms with Gasteiger partial charge in [0.05, 0.1) is 20.3 Å². The number of benzene rings is 1. The molecule has 1 unspecified atom stereocenters. The highest BCUT2D eigenvalue weighted by molar-refractivity contribution is 5.81. The van der Waals surface area contributed by atoms with Gasteiger partial charge in [-0.3, -0.25) is 10.2 Å². The van der Waals surface area contributed by atoms with E-state index in [4.69, 9.17) is 15.3 Å². The minimum absolute atomic E-state index is 0.213. The predicted molar refractivity (Wildman–Crippen MR) is 66.2 cm³/mol. The third-order valence-corrected chi connectivity index (χ3v) is 3.13. The first kappa shape index (κ1) is 12.7. The van der Waals surface area contributed by atoms with Gasteiger partial charge in [-0.15, -0.1) is 0 Å². The summed E-state index contributed by atoms with van der Waals surface area (Å²) in [7, 11) is 3.20. The standard InChI is InChI=1S/C12H17N3O3/c1-17-10-4-7-3-9(12(16)15-13)14-6-8(7)5-11(10)18-2/h4-5,9,14H,3,6,13H2,1-2H3,(H,15,16). The van der Waals surface area contributed by atoms with Crippen LogP contribution in [0.2, 0.25) is 0 Å². The van der Waals surface area contributed by atoms with Gasteiger partial charge in [0.25, 0.3) is 5.91 Å². The lowest BCUT2D eigenvalue weighted by Gasteiger charge is -2.25. The summed E-state index contributed by atoms with van der Waals surface area (Å²) in [5.74, 6) is 6.29. The molecule has 1 amide bonds. The Bertz CT molecular complexity index is 462. The smallest absolute Gasteiger partial charge is 0.251 e. The summed E-state index contributed by atoms with van der Waals surface area (Å²) < 4.78 is 10.5. The topological polar surface area (TPSA) is 85.6 Å². The molecule has 0 spiro atoms. The molecule has 2 rings (SSSR count). The monoisotopic (exact) mass is 251 g/mol. The Kier molecular flexibility index (Phi) is 3.69. The summed E-state index contributed by atoms with van der Waals surface area (Å²) in [5.41, 5.74) is 4.33. The average Bonchev–Trinajstić information content (AvgIpc) is 2.44. The molecule has 1 aliphatic rings. The minimum Gasteiger partial charge on any atom is -0.493 e. The van der Waals surface area contributed by atoms with Crippen molar-refractivity contribution >= 4 is 5.91 Å². The maximum absolute atomic E-state index is 11.5. The summed E-state index contributed by atoms with van der Waals surface area (Å²) in [4.78, 5) is 11.5. The van der Waals surface area contributed by atoms with Crippen molar-refractivity contribution in [3.63, 3.8) is 0 Å². The number of ether oxygens (including phenoxy) is 2. The van der Waals surface area contributed by atoms with Crippen molar-refractivity contribution in [1.29, 1.82) is 0 Å². The molecule has 1 atom stereocenters.